The monoisotopic (exact) mass is 368 g/mol. The van der Waals surface area contributed by atoms with E-state index in [0.717, 1.165) is 22.4 Å². The fraction of sp³-hybridized carbons (Fsp3) is 0.364. The third-order valence-corrected chi connectivity index (χ3v) is 4.16. The summed E-state index contributed by atoms with van der Waals surface area (Å²) in [5, 5.41) is 5.55. The van der Waals surface area contributed by atoms with Gasteiger partial charge in [0.05, 0.1) is 0 Å². The molecule has 2 amide bonds. The largest absolute Gasteiger partial charge is 0.483 e. The van der Waals surface area contributed by atoms with Crippen molar-refractivity contribution in [2.45, 2.75) is 33.6 Å². The summed E-state index contributed by atoms with van der Waals surface area (Å²) < 4.78 is 5.70. The number of rotatable bonds is 8. The Hall–Kier alpha value is -2.82. The first-order chi connectivity index (χ1) is 12.9. The van der Waals surface area contributed by atoms with Crippen LogP contribution in [-0.4, -0.2) is 31.5 Å². The van der Waals surface area contributed by atoms with E-state index in [1.807, 2.05) is 50.2 Å². The van der Waals surface area contributed by atoms with Gasteiger partial charge in [0.25, 0.3) is 11.8 Å². The molecule has 0 unspecified atom stereocenters. The highest BCUT2D eigenvalue weighted by atomic mass is 16.5. The zero-order valence-electron chi connectivity index (χ0n) is 16.5. The van der Waals surface area contributed by atoms with Gasteiger partial charge in [0.2, 0.25) is 0 Å². The Morgan fingerprint density at radius 3 is 2.37 bits per heavy atom. The van der Waals surface area contributed by atoms with E-state index in [4.69, 9.17) is 4.74 Å². The molecule has 0 aromatic heterocycles. The van der Waals surface area contributed by atoms with Crippen molar-refractivity contribution >= 4 is 11.8 Å². The number of ether oxygens (including phenoxy) is 1. The lowest BCUT2D eigenvalue weighted by Crippen LogP contribution is -2.36. The molecule has 0 atom stereocenters. The van der Waals surface area contributed by atoms with Crippen molar-refractivity contribution in [1.29, 1.82) is 0 Å². The number of carbonyl (C=O) groups is 2. The second-order valence-corrected chi connectivity index (χ2v) is 6.96. The summed E-state index contributed by atoms with van der Waals surface area (Å²) in [4.78, 5) is 24.0. The Morgan fingerprint density at radius 2 is 1.67 bits per heavy atom. The lowest BCUT2D eigenvalue weighted by Gasteiger charge is -2.15. The van der Waals surface area contributed by atoms with Crippen LogP contribution >= 0.6 is 0 Å². The van der Waals surface area contributed by atoms with E-state index in [0.29, 0.717) is 24.6 Å². The maximum Gasteiger partial charge on any atom is 0.258 e. The van der Waals surface area contributed by atoms with Crippen LogP contribution in [0.1, 0.15) is 46.8 Å². The molecule has 0 radical (unpaired) electrons. The van der Waals surface area contributed by atoms with Crippen molar-refractivity contribution in [2.75, 3.05) is 19.7 Å². The average molecular weight is 368 g/mol. The van der Waals surface area contributed by atoms with Gasteiger partial charge in [-0.3, -0.25) is 9.59 Å². The first-order valence-corrected chi connectivity index (χ1v) is 9.21. The number of carbonyl (C=O) groups excluding carboxylic acids is 2. The van der Waals surface area contributed by atoms with E-state index < -0.39 is 0 Å². The second-order valence-electron chi connectivity index (χ2n) is 6.96. The van der Waals surface area contributed by atoms with Crippen LogP contribution in [0.5, 0.6) is 5.75 Å². The molecule has 0 aliphatic rings. The molecule has 5 nitrogen and oxygen atoms in total. The minimum atomic E-state index is -0.212. The molecule has 0 saturated heterocycles. The van der Waals surface area contributed by atoms with Crippen molar-refractivity contribution in [3.8, 4) is 5.75 Å². The number of nitrogens with one attached hydrogen (secondary N) is 2. The topological polar surface area (TPSA) is 67.4 Å². The summed E-state index contributed by atoms with van der Waals surface area (Å²) >= 11 is 0. The van der Waals surface area contributed by atoms with E-state index in [2.05, 4.69) is 24.5 Å². The first-order valence-electron chi connectivity index (χ1n) is 9.21. The predicted molar refractivity (Wildman–Crippen MR) is 107 cm³/mol. The molecule has 0 fully saturated rings. The molecule has 0 spiro atoms. The molecule has 2 N–H and O–H groups in total. The van der Waals surface area contributed by atoms with Gasteiger partial charge >= 0.3 is 0 Å². The second kappa shape index (κ2) is 9.76. The number of amides is 2. The smallest absolute Gasteiger partial charge is 0.258 e. The fourth-order valence-electron chi connectivity index (χ4n) is 2.70. The molecule has 5 heteroatoms. The van der Waals surface area contributed by atoms with Gasteiger partial charge in [-0.15, -0.1) is 0 Å². The molecule has 2 aromatic carbocycles. The first kappa shape index (κ1) is 20.5. The lowest BCUT2D eigenvalue weighted by molar-refractivity contribution is -0.123. The Balaban J connectivity index is 1.74. The predicted octanol–water partition coefficient (Wildman–Crippen LogP) is 3.35. The van der Waals surface area contributed by atoms with Crippen LogP contribution in [0.2, 0.25) is 0 Å². The van der Waals surface area contributed by atoms with Crippen molar-refractivity contribution in [3.05, 3.63) is 64.7 Å². The highest BCUT2D eigenvalue weighted by Crippen LogP contribution is 2.27. The van der Waals surface area contributed by atoms with Crippen LogP contribution in [-0.2, 0) is 4.79 Å². The van der Waals surface area contributed by atoms with Gasteiger partial charge in [0.1, 0.15) is 5.75 Å². The molecule has 0 aliphatic heterocycles. The summed E-state index contributed by atoms with van der Waals surface area (Å²) in [5.41, 5.74) is 3.82. The van der Waals surface area contributed by atoms with Crippen LogP contribution < -0.4 is 15.4 Å². The third-order valence-electron chi connectivity index (χ3n) is 4.16. The van der Waals surface area contributed by atoms with Gasteiger partial charge in [-0.05, 0) is 49.1 Å². The maximum atomic E-state index is 12.0. The van der Waals surface area contributed by atoms with Crippen LogP contribution in [0.15, 0.2) is 42.5 Å². The summed E-state index contributed by atoms with van der Waals surface area (Å²) in [6, 6.07) is 13.4. The van der Waals surface area contributed by atoms with Gasteiger partial charge in [0.15, 0.2) is 6.61 Å². The van der Waals surface area contributed by atoms with Crippen molar-refractivity contribution in [2.24, 2.45) is 0 Å². The Labute approximate surface area is 161 Å². The zero-order chi connectivity index (χ0) is 19.8. The number of aryl methyl sites for hydroxylation is 2. The van der Waals surface area contributed by atoms with Crippen LogP contribution in [0.4, 0.5) is 0 Å². The maximum absolute atomic E-state index is 12.0. The number of benzene rings is 2. The van der Waals surface area contributed by atoms with E-state index in [1.54, 1.807) is 6.07 Å². The van der Waals surface area contributed by atoms with Crippen molar-refractivity contribution < 1.29 is 14.3 Å². The number of hydrogen-bond donors (Lipinski definition) is 2. The van der Waals surface area contributed by atoms with Crippen molar-refractivity contribution in [3.63, 3.8) is 0 Å². The van der Waals surface area contributed by atoms with Crippen LogP contribution in [0, 0.1) is 13.8 Å². The quantitative estimate of drug-likeness (QED) is 0.702. The van der Waals surface area contributed by atoms with Crippen molar-refractivity contribution in [1.82, 2.24) is 10.6 Å². The summed E-state index contributed by atoms with van der Waals surface area (Å²) in [6.45, 7) is 8.78. The minimum absolute atomic E-state index is 0.0466. The summed E-state index contributed by atoms with van der Waals surface area (Å²) in [7, 11) is 0. The van der Waals surface area contributed by atoms with Crippen LogP contribution in [0.25, 0.3) is 0 Å². The van der Waals surface area contributed by atoms with Crippen LogP contribution in [0.3, 0.4) is 0 Å². The van der Waals surface area contributed by atoms with E-state index in [1.165, 1.54) is 0 Å². The summed E-state index contributed by atoms with van der Waals surface area (Å²) in [6.07, 6.45) is 0. The summed E-state index contributed by atoms with van der Waals surface area (Å²) in [5.74, 6) is 0.704. The standard InChI is InChI=1S/C22H28N2O3/c1-15(2)19-9-8-17(4)13-20(19)27-14-21(25)23-10-11-24-22(26)18-7-5-6-16(3)12-18/h5-9,12-13,15H,10-11,14H2,1-4H3,(H,23,25)(H,24,26). The Kier molecular flexibility index (Phi) is 7.41. The lowest BCUT2D eigenvalue weighted by atomic mass is 10.0. The minimum Gasteiger partial charge on any atom is -0.483 e. The Morgan fingerprint density at radius 1 is 0.963 bits per heavy atom. The molecule has 0 heterocycles. The zero-order valence-corrected chi connectivity index (χ0v) is 16.5. The normalized spacial score (nSPS) is 10.6. The molecule has 0 saturated carbocycles. The molecule has 2 rings (SSSR count). The molecule has 0 bridgehead atoms. The fourth-order valence-corrected chi connectivity index (χ4v) is 2.70. The molecule has 27 heavy (non-hydrogen) atoms. The average Bonchev–Trinajstić information content (AvgIpc) is 2.63. The van der Waals surface area contributed by atoms with E-state index in [-0.39, 0.29) is 18.4 Å². The van der Waals surface area contributed by atoms with Gasteiger partial charge < -0.3 is 15.4 Å². The molecular weight excluding hydrogens is 340 g/mol. The number of hydrogen-bond acceptors (Lipinski definition) is 3. The molecule has 0 aliphatic carbocycles. The Bertz CT molecular complexity index is 800. The van der Waals surface area contributed by atoms with Gasteiger partial charge in [-0.1, -0.05) is 43.7 Å². The van der Waals surface area contributed by atoms with Gasteiger partial charge in [-0.2, -0.15) is 0 Å². The third kappa shape index (κ3) is 6.44. The highest BCUT2D eigenvalue weighted by Gasteiger charge is 2.10. The molecule has 2 aromatic rings. The molecular formula is C22H28N2O3. The van der Waals surface area contributed by atoms with E-state index in [9.17, 15) is 9.59 Å². The SMILES string of the molecule is Cc1cccc(C(=O)NCCNC(=O)COc2cc(C)ccc2C(C)C)c1. The van der Waals surface area contributed by atoms with E-state index >= 15 is 0 Å². The van der Waals surface area contributed by atoms with Gasteiger partial charge in [-0.25, -0.2) is 0 Å². The van der Waals surface area contributed by atoms with Gasteiger partial charge in [0, 0.05) is 18.7 Å². The molecule has 144 valence electrons. The highest BCUT2D eigenvalue weighted by molar-refractivity contribution is 5.94.